The maximum absolute atomic E-state index is 12.0. The van der Waals surface area contributed by atoms with Crippen molar-refractivity contribution in [1.29, 1.82) is 0 Å². The molecule has 1 unspecified atom stereocenters. The van der Waals surface area contributed by atoms with Crippen molar-refractivity contribution in [2.45, 2.75) is 13.8 Å². The molecule has 0 radical (unpaired) electrons. The van der Waals surface area contributed by atoms with Gasteiger partial charge in [0.05, 0.1) is 5.56 Å². The van der Waals surface area contributed by atoms with Crippen molar-refractivity contribution in [2.75, 3.05) is 20.1 Å². The largest absolute Gasteiger partial charge is 0.352 e. The van der Waals surface area contributed by atoms with Crippen molar-refractivity contribution in [2.24, 2.45) is 5.92 Å². The predicted octanol–water partition coefficient (Wildman–Crippen LogP) is 2.34. The summed E-state index contributed by atoms with van der Waals surface area (Å²) in [6.45, 7) is 5.66. The van der Waals surface area contributed by atoms with Crippen molar-refractivity contribution in [3.05, 3.63) is 33.8 Å². The Bertz CT molecular complexity index is 393. The third kappa shape index (κ3) is 4.48. The van der Waals surface area contributed by atoms with Gasteiger partial charge in [0.25, 0.3) is 5.91 Å². The second kappa shape index (κ2) is 6.77. The standard InChI is InChI=1S/C13H19BrN2O/c1-9-4-5-12(14)11(6-9)13(17)16-8-10(2)7-15-3/h4-6,10,15H,7-8H2,1-3H3,(H,16,17). The molecule has 94 valence electrons. The lowest BCUT2D eigenvalue weighted by Crippen LogP contribution is -2.32. The van der Waals surface area contributed by atoms with Gasteiger partial charge in [0.15, 0.2) is 0 Å². The molecule has 0 aliphatic carbocycles. The van der Waals surface area contributed by atoms with Crippen molar-refractivity contribution in [3.8, 4) is 0 Å². The van der Waals surface area contributed by atoms with E-state index in [1.807, 2.05) is 32.2 Å². The van der Waals surface area contributed by atoms with Crippen molar-refractivity contribution in [1.82, 2.24) is 10.6 Å². The molecule has 3 nitrogen and oxygen atoms in total. The molecule has 1 amide bonds. The zero-order valence-electron chi connectivity index (χ0n) is 10.5. The number of benzene rings is 1. The molecule has 1 rings (SSSR count). The summed E-state index contributed by atoms with van der Waals surface area (Å²) in [5.74, 6) is 0.399. The van der Waals surface area contributed by atoms with Crippen LogP contribution in [0.4, 0.5) is 0 Å². The molecule has 2 N–H and O–H groups in total. The van der Waals surface area contributed by atoms with Crippen LogP contribution >= 0.6 is 15.9 Å². The Balaban J connectivity index is 2.61. The molecule has 0 aromatic heterocycles. The summed E-state index contributed by atoms with van der Waals surface area (Å²) in [5.41, 5.74) is 1.78. The van der Waals surface area contributed by atoms with Crippen LogP contribution in [0.5, 0.6) is 0 Å². The molecular formula is C13H19BrN2O. The van der Waals surface area contributed by atoms with Gasteiger partial charge >= 0.3 is 0 Å². The van der Waals surface area contributed by atoms with Gasteiger partial charge in [-0.1, -0.05) is 18.6 Å². The van der Waals surface area contributed by atoms with Crippen molar-refractivity contribution >= 4 is 21.8 Å². The summed E-state index contributed by atoms with van der Waals surface area (Å²) < 4.78 is 0.835. The summed E-state index contributed by atoms with van der Waals surface area (Å²) in [7, 11) is 1.91. The summed E-state index contributed by atoms with van der Waals surface area (Å²) in [6, 6.07) is 5.77. The van der Waals surface area contributed by atoms with Crippen molar-refractivity contribution < 1.29 is 4.79 Å². The second-order valence-corrected chi connectivity index (χ2v) is 5.21. The average molecular weight is 299 g/mol. The third-order valence-corrected chi connectivity index (χ3v) is 3.22. The number of amides is 1. The van der Waals surface area contributed by atoms with Gasteiger partial charge < -0.3 is 10.6 Å². The molecule has 1 aromatic rings. The number of nitrogens with one attached hydrogen (secondary N) is 2. The fourth-order valence-corrected chi connectivity index (χ4v) is 2.02. The Hall–Kier alpha value is -0.870. The number of rotatable bonds is 5. The van der Waals surface area contributed by atoms with Gasteiger partial charge in [-0.3, -0.25) is 4.79 Å². The highest BCUT2D eigenvalue weighted by Crippen LogP contribution is 2.17. The molecule has 0 spiro atoms. The van der Waals surface area contributed by atoms with E-state index in [9.17, 15) is 4.79 Å². The van der Waals surface area contributed by atoms with E-state index < -0.39 is 0 Å². The van der Waals surface area contributed by atoms with E-state index in [0.717, 1.165) is 16.6 Å². The fraction of sp³-hybridized carbons (Fsp3) is 0.462. The number of carbonyl (C=O) groups is 1. The van der Waals surface area contributed by atoms with Crippen LogP contribution < -0.4 is 10.6 Å². The van der Waals surface area contributed by atoms with E-state index in [-0.39, 0.29) is 5.91 Å². The average Bonchev–Trinajstić information content (AvgIpc) is 2.29. The topological polar surface area (TPSA) is 41.1 Å². The van der Waals surface area contributed by atoms with Crippen LogP contribution in [0.15, 0.2) is 22.7 Å². The van der Waals surface area contributed by atoms with Crippen LogP contribution in [0.1, 0.15) is 22.8 Å². The number of carbonyl (C=O) groups excluding carboxylic acids is 1. The maximum atomic E-state index is 12.0. The number of aryl methyl sites for hydroxylation is 1. The molecule has 0 aliphatic heterocycles. The van der Waals surface area contributed by atoms with Gasteiger partial charge in [-0.15, -0.1) is 0 Å². The van der Waals surface area contributed by atoms with Crippen LogP contribution in [0.25, 0.3) is 0 Å². The number of hydrogen-bond acceptors (Lipinski definition) is 2. The van der Waals surface area contributed by atoms with Crippen molar-refractivity contribution in [3.63, 3.8) is 0 Å². The summed E-state index contributed by atoms with van der Waals surface area (Å²) in [4.78, 5) is 12.0. The normalized spacial score (nSPS) is 12.2. The third-order valence-electron chi connectivity index (χ3n) is 2.53. The molecule has 4 heteroatoms. The molecular weight excluding hydrogens is 280 g/mol. The zero-order chi connectivity index (χ0) is 12.8. The first kappa shape index (κ1) is 14.2. The molecule has 0 fully saturated rings. The maximum Gasteiger partial charge on any atom is 0.252 e. The lowest BCUT2D eigenvalue weighted by molar-refractivity contribution is 0.0947. The van der Waals surface area contributed by atoms with Gasteiger partial charge in [-0.2, -0.15) is 0 Å². The van der Waals surface area contributed by atoms with Gasteiger partial charge in [0.2, 0.25) is 0 Å². The SMILES string of the molecule is CNCC(C)CNC(=O)c1cc(C)ccc1Br. The van der Waals surface area contributed by atoms with E-state index in [4.69, 9.17) is 0 Å². The first-order chi connectivity index (χ1) is 8.04. The minimum Gasteiger partial charge on any atom is -0.352 e. The van der Waals surface area contributed by atoms with Crippen LogP contribution in [0.2, 0.25) is 0 Å². The molecule has 1 atom stereocenters. The van der Waals surface area contributed by atoms with E-state index in [1.165, 1.54) is 0 Å². The summed E-state index contributed by atoms with van der Waals surface area (Å²) in [6.07, 6.45) is 0. The van der Waals surface area contributed by atoms with Gasteiger partial charge in [0, 0.05) is 11.0 Å². The minimum absolute atomic E-state index is 0.0245. The fourth-order valence-electron chi connectivity index (χ4n) is 1.60. The van der Waals surface area contributed by atoms with E-state index in [0.29, 0.717) is 18.0 Å². The molecule has 0 saturated carbocycles. The van der Waals surface area contributed by atoms with Gasteiger partial charge in [-0.05, 0) is 54.5 Å². The molecule has 17 heavy (non-hydrogen) atoms. The van der Waals surface area contributed by atoms with E-state index in [2.05, 4.69) is 33.5 Å². The van der Waals surface area contributed by atoms with Crippen LogP contribution in [0.3, 0.4) is 0 Å². The molecule has 0 heterocycles. The molecule has 1 aromatic carbocycles. The van der Waals surface area contributed by atoms with E-state index >= 15 is 0 Å². The first-order valence-corrected chi connectivity index (χ1v) is 6.53. The monoisotopic (exact) mass is 298 g/mol. The molecule has 0 bridgehead atoms. The Morgan fingerprint density at radius 2 is 2.12 bits per heavy atom. The van der Waals surface area contributed by atoms with Gasteiger partial charge in [0.1, 0.15) is 0 Å². The smallest absolute Gasteiger partial charge is 0.252 e. The van der Waals surface area contributed by atoms with Crippen LogP contribution in [-0.4, -0.2) is 26.0 Å². The molecule has 0 aliphatic rings. The second-order valence-electron chi connectivity index (χ2n) is 4.36. The summed E-state index contributed by atoms with van der Waals surface area (Å²) in [5, 5.41) is 6.03. The first-order valence-electron chi connectivity index (χ1n) is 5.73. The number of hydrogen-bond donors (Lipinski definition) is 2. The lowest BCUT2D eigenvalue weighted by atomic mass is 10.1. The Kier molecular flexibility index (Phi) is 5.65. The predicted molar refractivity (Wildman–Crippen MR) is 74.3 cm³/mol. The lowest BCUT2D eigenvalue weighted by Gasteiger charge is -2.12. The van der Waals surface area contributed by atoms with Crippen LogP contribution in [-0.2, 0) is 0 Å². The highest BCUT2D eigenvalue weighted by atomic mass is 79.9. The Labute approximate surface area is 111 Å². The summed E-state index contributed by atoms with van der Waals surface area (Å²) >= 11 is 3.40. The minimum atomic E-state index is -0.0245. The van der Waals surface area contributed by atoms with E-state index in [1.54, 1.807) is 0 Å². The Morgan fingerprint density at radius 1 is 1.41 bits per heavy atom. The molecule has 0 saturated heterocycles. The quantitative estimate of drug-likeness (QED) is 0.876. The Morgan fingerprint density at radius 3 is 2.76 bits per heavy atom. The highest BCUT2D eigenvalue weighted by molar-refractivity contribution is 9.10. The van der Waals surface area contributed by atoms with Gasteiger partial charge in [-0.25, -0.2) is 0 Å². The number of halogens is 1. The zero-order valence-corrected chi connectivity index (χ0v) is 12.1. The highest BCUT2D eigenvalue weighted by Gasteiger charge is 2.10. The van der Waals surface area contributed by atoms with Crippen LogP contribution in [0, 0.1) is 12.8 Å².